The minimum Gasteiger partial charge on any atom is -0.357 e. The van der Waals surface area contributed by atoms with Gasteiger partial charge in [0, 0.05) is 37.1 Å². The van der Waals surface area contributed by atoms with Gasteiger partial charge in [0.15, 0.2) is 5.96 Å². The van der Waals surface area contributed by atoms with E-state index in [0.717, 1.165) is 42.9 Å². The van der Waals surface area contributed by atoms with E-state index >= 15 is 0 Å². The van der Waals surface area contributed by atoms with Crippen molar-refractivity contribution in [2.75, 3.05) is 13.1 Å². The fourth-order valence-corrected chi connectivity index (χ4v) is 3.01. The number of benzene rings is 2. The maximum Gasteiger partial charge on any atom is 0.191 e. The summed E-state index contributed by atoms with van der Waals surface area (Å²) in [5, 5.41) is 7.44. The highest BCUT2D eigenvalue weighted by molar-refractivity contribution is 6.30. The molecule has 0 aliphatic rings. The van der Waals surface area contributed by atoms with Crippen LogP contribution in [-0.4, -0.2) is 28.6 Å². The van der Waals surface area contributed by atoms with Gasteiger partial charge in [-0.15, -0.1) is 0 Å². The lowest BCUT2D eigenvalue weighted by atomic mass is 10.1. The molecule has 0 amide bonds. The molecule has 0 spiro atoms. The molecular formula is C22H26ClN5. The molecule has 0 unspecified atom stereocenters. The van der Waals surface area contributed by atoms with Crippen molar-refractivity contribution in [1.29, 1.82) is 0 Å². The van der Waals surface area contributed by atoms with Gasteiger partial charge in [-0.3, -0.25) is 0 Å². The van der Waals surface area contributed by atoms with E-state index in [9.17, 15) is 0 Å². The van der Waals surface area contributed by atoms with E-state index in [-0.39, 0.29) is 0 Å². The summed E-state index contributed by atoms with van der Waals surface area (Å²) in [6.45, 7) is 4.99. The van der Waals surface area contributed by atoms with Gasteiger partial charge in [-0.25, -0.2) is 9.98 Å². The van der Waals surface area contributed by atoms with Crippen LogP contribution in [-0.2, 0) is 19.5 Å². The highest BCUT2D eigenvalue weighted by atomic mass is 35.5. The van der Waals surface area contributed by atoms with Crippen LogP contribution in [0.5, 0.6) is 0 Å². The van der Waals surface area contributed by atoms with Gasteiger partial charge in [0.05, 0.1) is 0 Å². The van der Waals surface area contributed by atoms with E-state index in [1.807, 2.05) is 30.6 Å². The Morgan fingerprint density at radius 3 is 2.57 bits per heavy atom. The van der Waals surface area contributed by atoms with Crippen LogP contribution in [0.2, 0.25) is 5.02 Å². The highest BCUT2D eigenvalue weighted by Crippen LogP contribution is 2.09. The summed E-state index contributed by atoms with van der Waals surface area (Å²) in [6, 6.07) is 18.3. The van der Waals surface area contributed by atoms with E-state index < -0.39 is 0 Å². The summed E-state index contributed by atoms with van der Waals surface area (Å²) in [6.07, 6.45) is 4.73. The van der Waals surface area contributed by atoms with Gasteiger partial charge >= 0.3 is 0 Å². The molecule has 5 nitrogen and oxygen atoms in total. The summed E-state index contributed by atoms with van der Waals surface area (Å²) >= 11 is 5.94. The number of guanidine groups is 1. The molecule has 0 saturated carbocycles. The number of aromatic nitrogens is 2. The van der Waals surface area contributed by atoms with Crippen molar-refractivity contribution < 1.29 is 0 Å². The molecule has 2 N–H and O–H groups in total. The average molecular weight is 396 g/mol. The highest BCUT2D eigenvalue weighted by Gasteiger charge is 2.04. The van der Waals surface area contributed by atoms with E-state index in [1.165, 1.54) is 11.1 Å². The maximum absolute atomic E-state index is 5.94. The Labute approximate surface area is 171 Å². The number of hydrogen-bond acceptors (Lipinski definition) is 2. The summed E-state index contributed by atoms with van der Waals surface area (Å²) in [7, 11) is 0. The maximum atomic E-state index is 5.94. The Hall–Kier alpha value is -2.79. The standard InChI is InChI=1S/C22H26ClN5/c1-2-24-22(26-13-12-18-8-10-20(23)11-9-18)27-16-21-25-14-15-28(21)17-19-6-4-3-5-7-19/h3-11,14-15H,2,12-13,16-17H2,1H3,(H2,24,26,27). The number of rotatable bonds is 8. The molecule has 0 aliphatic carbocycles. The quantitative estimate of drug-likeness (QED) is 0.449. The van der Waals surface area contributed by atoms with Crippen molar-refractivity contribution in [1.82, 2.24) is 20.2 Å². The molecule has 0 bridgehead atoms. The van der Waals surface area contributed by atoms with Crippen molar-refractivity contribution in [3.05, 3.63) is 89.0 Å². The molecule has 1 heterocycles. The molecule has 0 radical (unpaired) electrons. The van der Waals surface area contributed by atoms with Gasteiger partial charge in [0.2, 0.25) is 0 Å². The van der Waals surface area contributed by atoms with Crippen LogP contribution in [0.1, 0.15) is 23.9 Å². The third-order valence-electron chi connectivity index (χ3n) is 4.34. The molecule has 1 aromatic heterocycles. The first-order valence-electron chi connectivity index (χ1n) is 9.55. The van der Waals surface area contributed by atoms with Gasteiger partial charge in [-0.05, 0) is 36.6 Å². The number of hydrogen-bond donors (Lipinski definition) is 2. The third kappa shape index (κ3) is 6.13. The van der Waals surface area contributed by atoms with E-state index in [2.05, 4.69) is 63.5 Å². The number of aliphatic imine (C=N–C) groups is 1. The largest absolute Gasteiger partial charge is 0.357 e. The van der Waals surface area contributed by atoms with Crippen LogP contribution >= 0.6 is 11.6 Å². The van der Waals surface area contributed by atoms with E-state index in [4.69, 9.17) is 16.6 Å². The van der Waals surface area contributed by atoms with Crippen LogP contribution in [0.3, 0.4) is 0 Å². The lowest BCUT2D eigenvalue weighted by molar-refractivity contribution is 0.716. The molecule has 6 heteroatoms. The zero-order valence-electron chi connectivity index (χ0n) is 16.1. The van der Waals surface area contributed by atoms with Crippen molar-refractivity contribution in [3.8, 4) is 0 Å². The monoisotopic (exact) mass is 395 g/mol. The summed E-state index contributed by atoms with van der Waals surface area (Å²) < 4.78 is 2.14. The molecule has 146 valence electrons. The Bertz CT molecular complexity index is 871. The van der Waals surface area contributed by atoms with Gasteiger partial charge in [0.1, 0.15) is 12.4 Å². The average Bonchev–Trinajstić information content (AvgIpc) is 3.15. The minimum atomic E-state index is 0.524. The zero-order valence-corrected chi connectivity index (χ0v) is 16.9. The fourth-order valence-electron chi connectivity index (χ4n) is 2.88. The first kappa shape index (κ1) is 20.0. The zero-order chi connectivity index (χ0) is 19.6. The predicted molar refractivity (Wildman–Crippen MR) is 116 cm³/mol. The van der Waals surface area contributed by atoms with Crippen molar-refractivity contribution in [3.63, 3.8) is 0 Å². The Morgan fingerprint density at radius 2 is 1.82 bits per heavy atom. The first-order chi connectivity index (χ1) is 13.7. The van der Waals surface area contributed by atoms with Crippen molar-refractivity contribution >= 4 is 17.6 Å². The number of nitrogens with one attached hydrogen (secondary N) is 2. The molecule has 3 aromatic rings. The van der Waals surface area contributed by atoms with Crippen LogP contribution < -0.4 is 10.6 Å². The third-order valence-corrected chi connectivity index (χ3v) is 4.59. The van der Waals surface area contributed by atoms with Crippen LogP contribution in [0.15, 0.2) is 72.0 Å². The van der Waals surface area contributed by atoms with Crippen molar-refractivity contribution in [2.24, 2.45) is 4.99 Å². The second-order valence-electron chi connectivity index (χ2n) is 6.46. The molecule has 0 atom stereocenters. The van der Waals surface area contributed by atoms with Gasteiger partial charge in [-0.1, -0.05) is 54.1 Å². The lowest BCUT2D eigenvalue weighted by Gasteiger charge is -2.12. The Kier molecular flexibility index (Phi) is 7.50. The summed E-state index contributed by atoms with van der Waals surface area (Å²) in [4.78, 5) is 9.16. The minimum absolute atomic E-state index is 0.524. The molecular weight excluding hydrogens is 370 g/mol. The molecule has 28 heavy (non-hydrogen) atoms. The predicted octanol–water partition coefficient (Wildman–Crippen LogP) is 3.88. The van der Waals surface area contributed by atoms with Crippen LogP contribution in [0, 0.1) is 0 Å². The molecule has 0 saturated heterocycles. The number of nitrogens with zero attached hydrogens (tertiary/aromatic N) is 3. The van der Waals surface area contributed by atoms with E-state index in [1.54, 1.807) is 0 Å². The second kappa shape index (κ2) is 10.5. The number of halogens is 1. The smallest absolute Gasteiger partial charge is 0.191 e. The van der Waals surface area contributed by atoms with Gasteiger partial charge < -0.3 is 15.2 Å². The second-order valence-corrected chi connectivity index (χ2v) is 6.89. The summed E-state index contributed by atoms with van der Waals surface area (Å²) in [5.74, 6) is 1.74. The molecule has 0 fully saturated rings. The lowest BCUT2D eigenvalue weighted by Crippen LogP contribution is -2.38. The van der Waals surface area contributed by atoms with Crippen LogP contribution in [0.25, 0.3) is 0 Å². The fraction of sp³-hybridized carbons (Fsp3) is 0.273. The summed E-state index contributed by atoms with van der Waals surface area (Å²) in [5.41, 5.74) is 2.49. The van der Waals surface area contributed by atoms with Gasteiger partial charge in [0.25, 0.3) is 0 Å². The SMILES string of the molecule is CCNC(=NCc1nccn1Cc1ccccc1)NCCc1ccc(Cl)cc1. The molecule has 2 aromatic carbocycles. The molecule has 0 aliphatic heterocycles. The first-order valence-corrected chi connectivity index (χ1v) is 9.93. The van der Waals surface area contributed by atoms with E-state index in [0.29, 0.717) is 6.54 Å². The molecule has 3 rings (SSSR count). The Morgan fingerprint density at radius 1 is 1.04 bits per heavy atom. The topological polar surface area (TPSA) is 54.2 Å². The normalized spacial score (nSPS) is 11.4. The van der Waals surface area contributed by atoms with Crippen LogP contribution in [0.4, 0.5) is 0 Å². The van der Waals surface area contributed by atoms with Crippen molar-refractivity contribution in [2.45, 2.75) is 26.4 Å². The number of imidazole rings is 1. The Balaban J connectivity index is 1.57. The van der Waals surface area contributed by atoms with Gasteiger partial charge in [-0.2, -0.15) is 0 Å².